The molecule has 0 aliphatic carbocycles. The third kappa shape index (κ3) is 146. The van der Waals surface area contributed by atoms with Gasteiger partial charge in [-0.15, -0.1) is 0 Å². The molecule has 0 saturated carbocycles. The van der Waals surface area contributed by atoms with Gasteiger partial charge >= 0.3 is 0 Å². The summed E-state index contributed by atoms with van der Waals surface area (Å²) in [7, 11) is 1.60. The quantitative estimate of drug-likeness (QED) is 0.663. The van der Waals surface area contributed by atoms with E-state index in [0.717, 1.165) is 0 Å². The van der Waals surface area contributed by atoms with E-state index >= 15 is 0 Å². The van der Waals surface area contributed by atoms with Gasteiger partial charge in [0.15, 0.2) is 0 Å². The summed E-state index contributed by atoms with van der Waals surface area (Å²) in [5.41, 5.74) is 0. The molecule has 0 aliphatic rings. The summed E-state index contributed by atoms with van der Waals surface area (Å²) in [6.07, 6.45) is 0. The minimum atomic E-state index is 0. The minimum absolute atomic E-state index is 0. The zero-order valence-electron chi connectivity index (χ0n) is 8.99. The smallest absolute Gasteiger partial charge is 0.216 e. The predicted octanol–water partition coefficient (Wildman–Crippen LogP) is 3.13. The molecule has 0 rings (SSSR count). The molecule has 0 heterocycles. The van der Waals surface area contributed by atoms with Crippen LogP contribution in [0.4, 0.5) is 0 Å². The summed E-state index contributed by atoms with van der Waals surface area (Å²) in [6, 6.07) is 0. The van der Waals surface area contributed by atoms with Gasteiger partial charge in [-0.2, -0.15) is 0 Å². The van der Waals surface area contributed by atoms with Crippen molar-refractivity contribution < 1.29 is 38.9 Å². The maximum absolute atomic E-state index is 9.70. The van der Waals surface area contributed by atoms with Crippen LogP contribution in [0.25, 0.3) is 0 Å². The van der Waals surface area contributed by atoms with Crippen LogP contribution in [0, 0.1) is 7.43 Å². The molecular formula is C9H28NOY-. The van der Waals surface area contributed by atoms with Crippen molar-refractivity contribution in [2.75, 3.05) is 7.05 Å². The molecular weight excluding hydrogens is 227 g/mol. The van der Waals surface area contributed by atoms with Crippen LogP contribution >= 0.6 is 0 Å². The van der Waals surface area contributed by atoms with Crippen molar-refractivity contribution in [2.45, 2.75) is 42.0 Å². The average Bonchev–Trinajstić information content (AvgIpc) is 1.97. The Morgan fingerprint density at radius 2 is 1.25 bits per heavy atom. The van der Waals surface area contributed by atoms with Crippen LogP contribution < -0.4 is 5.32 Å². The SMILES string of the molecule is C.CC.CC.CNC(C)=O.[2HH].[CH3-].[Y]. The molecule has 2 nitrogen and oxygen atoms in total. The van der Waals surface area contributed by atoms with Gasteiger partial charge in [0.25, 0.3) is 0 Å². The fraction of sp³-hybridized carbons (Fsp3) is 0.778. The van der Waals surface area contributed by atoms with Crippen molar-refractivity contribution in [1.29, 1.82) is 0 Å². The molecule has 0 aliphatic heterocycles. The molecule has 0 saturated heterocycles. The van der Waals surface area contributed by atoms with Gasteiger partial charge in [0, 0.05) is 48.1 Å². The first-order valence-electron chi connectivity index (χ1n) is 3.45. The number of hydrogen-bond acceptors (Lipinski definition) is 1. The standard InChI is InChI=1S/C3H7NO.2C2H6.CH4.CH3.Y.H2/c1-3(5)4-2;2*1-2;;;;/h1-2H3,(H,4,5);2*1-2H3;1H4;1H3;;1H/q;;;;-1;;/i;;;;;;1+1. The monoisotopic (exact) mass is 256 g/mol. The van der Waals surface area contributed by atoms with Gasteiger partial charge in [-0.1, -0.05) is 35.1 Å². The molecule has 12 heavy (non-hydrogen) atoms. The molecule has 0 unspecified atom stereocenters. The number of carbonyl (C=O) groups is 1. The Morgan fingerprint density at radius 3 is 1.25 bits per heavy atom. The van der Waals surface area contributed by atoms with E-state index in [-0.39, 0.29) is 54.9 Å². The summed E-state index contributed by atoms with van der Waals surface area (Å²) in [5.74, 6) is 0.00463. The first-order valence-corrected chi connectivity index (χ1v) is 3.45. The van der Waals surface area contributed by atoms with Crippen LogP contribution in [0.5, 0.6) is 0 Å². The predicted molar refractivity (Wildman–Crippen MR) is 57.7 cm³/mol. The van der Waals surface area contributed by atoms with Crippen molar-refractivity contribution in [3.63, 3.8) is 0 Å². The van der Waals surface area contributed by atoms with Crippen molar-refractivity contribution in [3.05, 3.63) is 7.43 Å². The first kappa shape index (κ1) is 39.0. The Bertz CT molecular complexity index is 54.9. The second-order valence-electron chi connectivity index (χ2n) is 0.806. The number of nitrogens with one attached hydrogen (secondary N) is 1. The number of carbonyl (C=O) groups excluding carboxylic acids is 1. The van der Waals surface area contributed by atoms with E-state index in [0.29, 0.717) is 0 Å². The van der Waals surface area contributed by atoms with Crippen LogP contribution in [0.2, 0.25) is 0 Å². The minimum Gasteiger partial charge on any atom is -0.359 e. The summed E-state index contributed by atoms with van der Waals surface area (Å²) in [5, 5.41) is 2.39. The third-order valence-electron chi connectivity index (χ3n) is 0.352. The van der Waals surface area contributed by atoms with E-state index in [9.17, 15) is 4.79 Å². The molecule has 0 spiro atoms. The van der Waals surface area contributed by atoms with Gasteiger partial charge in [0.1, 0.15) is 0 Å². The van der Waals surface area contributed by atoms with E-state index in [1.54, 1.807) is 7.05 Å². The summed E-state index contributed by atoms with van der Waals surface area (Å²) < 4.78 is 0. The van der Waals surface area contributed by atoms with Crippen LogP contribution in [-0.2, 0) is 37.5 Å². The molecule has 1 N–H and O–H groups in total. The van der Waals surface area contributed by atoms with E-state index in [2.05, 4.69) is 5.32 Å². The van der Waals surface area contributed by atoms with Gasteiger partial charge in [0.2, 0.25) is 5.91 Å². The maximum Gasteiger partial charge on any atom is 0.216 e. The normalized spacial score (nSPS) is 3.83. The van der Waals surface area contributed by atoms with Gasteiger partial charge < -0.3 is 12.7 Å². The third-order valence-corrected chi connectivity index (χ3v) is 0.352. The molecule has 0 aromatic carbocycles. The van der Waals surface area contributed by atoms with E-state index in [1.807, 2.05) is 27.7 Å². The first-order chi connectivity index (χ1) is 4.27. The molecule has 1 radical (unpaired) electrons. The number of rotatable bonds is 0. The zero-order chi connectivity index (χ0) is 8.28. The van der Waals surface area contributed by atoms with Crippen LogP contribution in [0.1, 0.15) is 43.5 Å². The molecule has 0 aromatic rings. The molecule has 3 heteroatoms. The second kappa shape index (κ2) is 61.9. The Kier molecular flexibility index (Phi) is 201. The van der Waals surface area contributed by atoms with E-state index in [1.165, 1.54) is 6.92 Å². The van der Waals surface area contributed by atoms with Crippen LogP contribution in [0.3, 0.4) is 0 Å². The van der Waals surface area contributed by atoms with Crippen LogP contribution in [-0.4, -0.2) is 13.0 Å². The van der Waals surface area contributed by atoms with E-state index in [4.69, 9.17) is 0 Å². The summed E-state index contributed by atoms with van der Waals surface area (Å²) in [6.45, 7) is 9.47. The Balaban J connectivity index is -0.00000000818. The second-order valence-corrected chi connectivity index (χ2v) is 0.806. The van der Waals surface area contributed by atoms with Crippen molar-refractivity contribution >= 4 is 5.91 Å². The fourth-order valence-electron chi connectivity index (χ4n) is 0. The average molecular weight is 256 g/mol. The zero-order valence-corrected chi connectivity index (χ0v) is 11.8. The van der Waals surface area contributed by atoms with Crippen molar-refractivity contribution in [3.8, 4) is 0 Å². The van der Waals surface area contributed by atoms with Crippen LogP contribution in [0.15, 0.2) is 0 Å². The van der Waals surface area contributed by atoms with Gasteiger partial charge in [-0.3, -0.25) is 4.79 Å². The molecule has 0 aromatic heterocycles. The summed E-state index contributed by atoms with van der Waals surface area (Å²) >= 11 is 0. The molecule has 0 atom stereocenters. The molecule has 1 amide bonds. The number of amides is 1. The molecule has 0 fully saturated rings. The van der Waals surface area contributed by atoms with Crippen molar-refractivity contribution in [2.24, 2.45) is 0 Å². The Hall–Kier alpha value is 0.574. The summed E-state index contributed by atoms with van der Waals surface area (Å²) in [4.78, 5) is 9.70. The fourth-order valence-corrected chi connectivity index (χ4v) is 0. The van der Waals surface area contributed by atoms with E-state index < -0.39 is 0 Å². The Labute approximate surface area is 106 Å². The number of hydrogen-bond donors (Lipinski definition) is 1. The largest absolute Gasteiger partial charge is 0.359 e. The van der Waals surface area contributed by atoms with Crippen molar-refractivity contribution in [1.82, 2.24) is 5.32 Å². The maximum atomic E-state index is 9.70. The topological polar surface area (TPSA) is 29.1 Å². The van der Waals surface area contributed by atoms with Gasteiger partial charge in [-0.05, 0) is 0 Å². The van der Waals surface area contributed by atoms with Gasteiger partial charge in [0.05, 0.1) is 0 Å². The Morgan fingerprint density at radius 1 is 1.17 bits per heavy atom. The molecule has 79 valence electrons. The van der Waals surface area contributed by atoms with Gasteiger partial charge in [-0.25, -0.2) is 0 Å². The molecule has 0 bridgehead atoms.